The van der Waals surface area contributed by atoms with E-state index in [0.29, 0.717) is 44.1 Å². The Labute approximate surface area is 478 Å². The van der Waals surface area contributed by atoms with Crippen molar-refractivity contribution in [2.24, 2.45) is 23.7 Å². The first-order valence-electron chi connectivity index (χ1n) is 29.6. The van der Waals surface area contributed by atoms with Crippen LogP contribution in [0.4, 0.5) is 0 Å². The summed E-state index contributed by atoms with van der Waals surface area (Å²) in [4.78, 5) is 149. The lowest BCUT2D eigenvalue weighted by atomic mass is 9.83. The Morgan fingerprint density at radius 3 is 1.40 bits per heavy atom. The second kappa shape index (κ2) is 43.4. The van der Waals surface area contributed by atoms with Gasteiger partial charge < -0.3 is 41.5 Å². The first-order valence-corrected chi connectivity index (χ1v) is 29.6. The molecule has 1 aromatic rings. The first kappa shape index (κ1) is 72.7. The van der Waals surface area contributed by atoms with Crippen LogP contribution in [0, 0.1) is 23.7 Å². The number of hydrogen-bond acceptors (Lipinski definition) is 13. The lowest BCUT2D eigenvalue weighted by molar-refractivity contribution is -0.145. The van der Waals surface area contributed by atoms with Crippen LogP contribution in [0.5, 0.6) is 5.75 Å². The molecule has 3 amide bonds. The van der Waals surface area contributed by atoms with Crippen molar-refractivity contribution in [1.82, 2.24) is 16.0 Å². The smallest absolute Gasteiger partial charge is 0.326 e. The minimum atomic E-state index is -1.52. The predicted octanol–water partition coefficient (Wildman–Crippen LogP) is 9.21. The fourth-order valence-electron chi connectivity index (χ4n) is 9.80. The van der Waals surface area contributed by atoms with Gasteiger partial charge in [-0.2, -0.15) is 0 Å². The van der Waals surface area contributed by atoms with Crippen molar-refractivity contribution < 1.29 is 83.1 Å². The van der Waals surface area contributed by atoms with Crippen LogP contribution in [-0.4, -0.2) is 115 Å². The largest absolute Gasteiger partial charge is 0.508 e. The molecule has 20 nitrogen and oxygen atoms in total. The van der Waals surface area contributed by atoms with E-state index < -0.39 is 96.0 Å². The van der Waals surface area contributed by atoms with E-state index in [1.54, 1.807) is 12.1 Å². The molecule has 0 radical (unpaired) electrons. The molecule has 0 heterocycles. The number of benzene rings is 1. The molecule has 0 unspecified atom stereocenters. The zero-order valence-electron chi connectivity index (χ0n) is 48.5. The van der Waals surface area contributed by atoms with E-state index in [2.05, 4.69) is 16.0 Å². The normalized spacial score (nSPS) is 13.4. The molecular formula is C61H95N3O17. The quantitative estimate of drug-likeness (QED) is 0.0282. The Hall–Kier alpha value is -6.34. The molecule has 81 heavy (non-hydrogen) atoms. The summed E-state index contributed by atoms with van der Waals surface area (Å²) in [5, 5.41) is 55.3. The van der Waals surface area contributed by atoms with Crippen molar-refractivity contribution in [3.05, 3.63) is 29.8 Å². The number of nitrogens with one attached hydrogen (secondary N) is 3. The van der Waals surface area contributed by atoms with Gasteiger partial charge >= 0.3 is 23.9 Å². The standard InChI is InChI=1S/C61H95N3O17/c1-4-5-22-46(41-55(71)53(63-43(3)66)37-44-26-30-49(67)31-27-44)54(70)40-45(42(2)65)23-20-21-36-62-56(72)34-28-47(59(76)77)39-51(69)32-33-52(61(80)81)64-57(73)35-29-48(60(78)79)38-50(68)24-18-16-14-12-10-8-6-7-9-11-13-15-17-19-25-58(74)75/h26-27,30-31,45-48,52-53,67H,4-25,28-29,32-41H2,1-3H3,(H,62,72)(H,63,66)(H,64,73)(H,74,75)(H,76,77)(H,78,79)(H,80,81)/t45-,46-,47-,48-,52+,53-/m1/s1. The van der Waals surface area contributed by atoms with Crippen LogP contribution in [-0.2, 0) is 64.0 Å². The average Bonchev–Trinajstić information content (AvgIpc) is 3.40. The van der Waals surface area contributed by atoms with Crippen LogP contribution in [0.3, 0.4) is 0 Å². The number of ketones is 5. The highest BCUT2D eigenvalue weighted by molar-refractivity contribution is 5.94. The highest BCUT2D eigenvalue weighted by Gasteiger charge is 2.31. The molecule has 0 aromatic heterocycles. The molecule has 1 rings (SSSR count). The van der Waals surface area contributed by atoms with Gasteiger partial charge in [0.05, 0.1) is 17.9 Å². The van der Waals surface area contributed by atoms with Gasteiger partial charge in [-0.3, -0.25) is 52.7 Å². The molecule has 0 spiro atoms. The maximum absolute atomic E-state index is 13.7. The van der Waals surface area contributed by atoms with Crippen LogP contribution in [0.25, 0.3) is 0 Å². The van der Waals surface area contributed by atoms with Gasteiger partial charge in [0.25, 0.3) is 0 Å². The average molecular weight is 1140 g/mol. The maximum atomic E-state index is 13.7. The number of carboxylic acids is 4. The second-order valence-electron chi connectivity index (χ2n) is 21.9. The van der Waals surface area contributed by atoms with E-state index in [0.717, 1.165) is 64.2 Å². The Morgan fingerprint density at radius 1 is 0.432 bits per heavy atom. The number of amides is 3. The number of carbonyl (C=O) groups excluding carboxylic acids is 8. The molecule has 0 saturated heterocycles. The number of unbranched alkanes of at least 4 members (excludes halogenated alkanes) is 15. The Kier molecular flexibility index (Phi) is 38.9. The fraction of sp³-hybridized carbons (Fsp3) is 0.705. The van der Waals surface area contributed by atoms with Crippen molar-refractivity contribution in [3.63, 3.8) is 0 Å². The summed E-state index contributed by atoms with van der Waals surface area (Å²) < 4.78 is 0. The highest BCUT2D eigenvalue weighted by atomic mass is 16.4. The molecule has 0 aliphatic carbocycles. The monoisotopic (exact) mass is 1140 g/mol. The van der Waals surface area contributed by atoms with Crippen LogP contribution in [0.1, 0.15) is 232 Å². The highest BCUT2D eigenvalue weighted by Crippen LogP contribution is 2.25. The minimum Gasteiger partial charge on any atom is -0.508 e. The zero-order chi connectivity index (χ0) is 60.5. The lowest BCUT2D eigenvalue weighted by Gasteiger charge is -2.22. The van der Waals surface area contributed by atoms with E-state index in [1.165, 1.54) is 51.7 Å². The number of rotatable bonds is 52. The van der Waals surface area contributed by atoms with E-state index in [1.807, 2.05) is 6.92 Å². The molecule has 8 N–H and O–H groups in total. The SMILES string of the molecule is CCCC[C@H](CC(=O)[C@@H](Cc1ccc(O)cc1)NC(C)=O)C(=O)C[C@@H](CCCCNC(=O)CC[C@H](CC(=O)CC[C@H](NC(=O)CC[C@H](CC(=O)CCCCCCCCCCCCCCCCC(=O)O)C(=O)O)C(=O)O)C(=O)O)C(C)=O. The fourth-order valence-corrected chi connectivity index (χ4v) is 9.80. The number of phenols is 1. The predicted molar refractivity (Wildman–Crippen MR) is 303 cm³/mol. The third kappa shape index (κ3) is 36.6. The molecule has 6 atom stereocenters. The number of carbonyl (C=O) groups is 12. The summed E-state index contributed by atoms with van der Waals surface area (Å²) in [5.74, 6) is -11.6. The third-order valence-electron chi connectivity index (χ3n) is 14.8. The summed E-state index contributed by atoms with van der Waals surface area (Å²) in [6.07, 6.45) is 15.4. The Morgan fingerprint density at radius 2 is 0.914 bits per heavy atom. The van der Waals surface area contributed by atoms with E-state index in [4.69, 9.17) is 5.11 Å². The summed E-state index contributed by atoms with van der Waals surface area (Å²) in [5.41, 5.74) is 0.711. The van der Waals surface area contributed by atoms with Crippen LogP contribution >= 0.6 is 0 Å². The Bertz CT molecular complexity index is 2140. The topological polar surface area (TPSA) is 342 Å². The van der Waals surface area contributed by atoms with Crippen molar-refractivity contribution >= 4 is 70.5 Å². The summed E-state index contributed by atoms with van der Waals surface area (Å²) in [7, 11) is 0. The van der Waals surface area contributed by atoms with Gasteiger partial charge in [0, 0.05) is 83.1 Å². The first-order chi connectivity index (χ1) is 38.5. The van der Waals surface area contributed by atoms with Gasteiger partial charge in [-0.1, -0.05) is 115 Å². The van der Waals surface area contributed by atoms with E-state index in [9.17, 15) is 78.0 Å². The van der Waals surface area contributed by atoms with Crippen molar-refractivity contribution in [2.75, 3.05) is 6.54 Å². The minimum absolute atomic E-state index is 0.0544. The molecule has 1 aromatic carbocycles. The number of carboxylic acid groups (broad SMARTS) is 4. The van der Waals surface area contributed by atoms with Crippen molar-refractivity contribution in [1.29, 1.82) is 0 Å². The van der Waals surface area contributed by atoms with Gasteiger partial charge in [0.1, 0.15) is 34.9 Å². The Balaban J connectivity index is 2.48. The van der Waals surface area contributed by atoms with E-state index in [-0.39, 0.29) is 106 Å². The van der Waals surface area contributed by atoms with E-state index >= 15 is 0 Å². The van der Waals surface area contributed by atoms with Gasteiger partial charge in [-0.05, 0) is 82.4 Å². The van der Waals surface area contributed by atoms with Crippen LogP contribution in [0.15, 0.2) is 24.3 Å². The summed E-state index contributed by atoms with van der Waals surface area (Å²) in [6, 6.07) is 3.84. The molecule has 0 aliphatic rings. The maximum Gasteiger partial charge on any atom is 0.326 e. The third-order valence-corrected chi connectivity index (χ3v) is 14.8. The zero-order valence-corrected chi connectivity index (χ0v) is 48.5. The number of hydrogen-bond donors (Lipinski definition) is 8. The molecule has 0 saturated carbocycles. The molecule has 0 fully saturated rings. The number of aromatic hydroxyl groups is 1. The van der Waals surface area contributed by atoms with Gasteiger partial charge in [0.15, 0.2) is 5.78 Å². The number of phenolic OH excluding ortho intramolecular Hbond substituents is 1. The van der Waals surface area contributed by atoms with Crippen molar-refractivity contribution in [2.45, 2.75) is 245 Å². The molecule has 0 bridgehead atoms. The molecule has 0 aliphatic heterocycles. The lowest BCUT2D eigenvalue weighted by Crippen LogP contribution is -2.42. The van der Waals surface area contributed by atoms with Crippen LogP contribution < -0.4 is 16.0 Å². The van der Waals surface area contributed by atoms with Gasteiger partial charge in [-0.25, -0.2) is 4.79 Å². The molecule has 20 heteroatoms. The molecule has 456 valence electrons. The second-order valence-corrected chi connectivity index (χ2v) is 21.9. The van der Waals surface area contributed by atoms with Gasteiger partial charge in [0.2, 0.25) is 17.7 Å². The molecular weight excluding hydrogens is 1050 g/mol. The number of aliphatic carboxylic acids is 4. The number of Topliss-reactive ketones (excluding diaryl/α,β-unsaturated/α-hetero) is 5. The van der Waals surface area contributed by atoms with Gasteiger partial charge in [-0.15, -0.1) is 0 Å². The summed E-state index contributed by atoms with van der Waals surface area (Å²) >= 11 is 0. The summed E-state index contributed by atoms with van der Waals surface area (Å²) in [6.45, 7) is 4.84. The van der Waals surface area contributed by atoms with Crippen LogP contribution in [0.2, 0.25) is 0 Å². The van der Waals surface area contributed by atoms with Crippen molar-refractivity contribution in [3.8, 4) is 5.75 Å².